The Bertz CT molecular complexity index is 950. The molecular weight excluding hydrogens is 364 g/mol. The van der Waals surface area contributed by atoms with Gasteiger partial charge in [-0.15, -0.1) is 0 Å². The fourth-order valence-corrected chi connectivity index (χ4v) is 5.20. The second-order valence-corrected chi connectivity index (χ2v) is 8.37. The molecule has 0 radical (unpaired) electrons. The van der Waals surface area contributed by atoms with Gasteiger partial charge in [0.2, 0.25) is 10.0 Å². The molecule has 0 saturated carbocycles. The summed E-state index contributed by atoms with van der Waals surface area (Å²) in [6.07, 6.45) is 1.53. The number of anilines is 1. The van der Waals surface area contributed by atoms with Crippen LogP contribution in [-0.4, -0.2) is 51.0 Å². The molecule has 0 aliphatic carbocycles. The number of pyridine rings is 1. The molecule has 1 aliphatic heterocycles. The van der Waals surface area contributed by atoms with Gasteiger partial charge in [-0.2, -0.15) is 9.57 Å². The number of nitriles is 1. The first-order valence-electron chi connectivity index (χ1n) is 8.63. The van der Waals surface area contributed by atoms with Gasteiger partial charge in [-0.25, -0.2) is 13.4 Å². The predicted octanol–water partition coefficient (Wildman–Crippen LogP) is 2.09. The molecule has 8 heteroatoms. The topological polar surface area (TPSA) is 86.5 Å². The monoisotopic (exact) mass is 386 g/mol. The molecule has 0 N–H and O–H groups in total. The summed E-state index contributed by atoms with van der Waals surface area (Å²) < 4.78 is 33.1. The number of sulfonamides is 1. The zero-order valence-corrected chi connectivity index (χ0v) is 16.5. The van der Waals surface area contributed by atoms with Crippen molar-refractivity contribution in [1.29, 1.82) is 5.26 Å². The molecule has 0 spiro atoms. The minimum atomic E-state index is -3.58. The average molecular weight is 386 g/mol. The molecule has 1 aromatic carbocycles. The molecule has 1 fully saturated rings. The summed E-state index contributed by atoms with van der Waals surface area (Å²) in [5.74, 6) is 1.41. The third-order valence-electron chi connectivity index (χ3n) is 4.71. The third-order valence-corrected chi connectivity index (χ3v) is 6.91. The first kappa shape index (κ1) is 19.1. The van der Waals surface area contributed by atoms with E-state index in [4.69, 9.17) is 10.00 Å². The second-order valence-electron chi connectivity index (χ2n) is 6.50. The highest BCUT2D eigenvalue weighted by molar-refractivity contribution is 7.89. The van der Waals surface area contributed by atoms with Crippen LogP contribution in [0, 0.1) is 25.2 Å². The van der Waals surface area contributed by atoms with Gasteiger partial charge >= 0.3 is 0 Å². The zero-order valence-electron chi connectivity index (χ0n) is 15.6. The van der Waals surface area contributed by atoms with E-state index in [0.29, 0.717) is 53.5 Å². The standard InChI is InChI=1S/C19H22N4O3S/c1-14-10-17(26-3)11-15(2)19(14)27(24,25)23-8-6-22(7-9-23)18-5-4-16(12-20)13-21-18/h4-5,10-11,13H,6-9H2,1-3H3. The average Bonchev–Trinajstić information content (AvgIpc) is 2.67. The van der Waals surface area contributed by atoms with Crippen LogP contribution in [-0.2, 0) is 10.0 Å². The number of rotatable bonds is 4. The van der Waals surface area contributed by atoms with Crippen molar-refractivity contribution in [3.8, 4) is 11.8 Å². The Morgan fingerprint density at radius 2 is 1.74 bits per heavy atom. The van der Waals surface area contributed by atoms with Crippen LogP contribution in [0.3, 0.4) is 0 Å². The predicted molar refractivity (Wildman–Crippen MR) is 102 cm³/mol. The lowest BCUT2D eigenvalue weighted by molar-refractivity contribution is 0.383. The van der Waals surface area contributed by atoms with Crippen LogP contribution < -0.4 is 9.64 Å². The van der Waals surface area contributed by atoms with Crippen molar-refractivity contribution in [2.24, 2.45) is 0 Å². The van der Waals surface area contributed by atoms with E-state index in [-0.39, 0.29) is 0 Å². The fraction of sp³-hybridized carbons (Fsp3) is 0.368. The Morgan fingerprint density at radius 3 is 2.22 bits per heavy atom. The lowest BCUT2D eigenvalue weighted by Gasteiger charge is -2.35. The van der Waals surface area contributed by atoms with Gasteiger partial charge in [0.1, 0.15) is 17.6 Å². The summed E-state index contributed by atoms with van der Waals surface area (Å²) in [5.41, 5.74) is 1.87. The molecule has 142 valence electrons. The van der Waals surface area contributed by atoms with Crippen molar-refractivity contribution >= 4 is 15.8 Å². The van der Waals surface area contributed by atoms with Crippen LogP contribution in [0.5, 0.6) is 5.75 Å². The summed E-state index contributed by atoms with van der Waals surface area (Å²) in [6.45, 7) is 5.45. The largest absolute Gasteiger partial charge is 0.497 e. The van der Waals surface area contributed by atoms with E-state index in [0.717, 1.165) is 5.82 Å². The van der Waals surface area contributed by atoms with E-state index in [9.17, 15) is 8.42 Å². The molecule has 0 amide bonds. The summed E-state index contributed by atoms with van der Waals surface area (Å²) in [5, 5.41) is 8.86. The van der Waals surface area contributed by atoms with Crippen LogP contribution in [0.4, 0.5) is 5.82 Å². The van der Waals surface area contributed by atoms with Crippen molar-refractivity contribution in [2.75, 3.05) is 38.2 Å². The highest BCUT2D eigenvalue weighted by Crippen LogP contribution is 2.29. The minimum Gasteiger partial charge on any atom is -0.497 e. The summed E-state index contributed by atoms with van der Waals surface area (Å²) in [6, 6.07) is 9.05. The van der Waals surface area contributed by atoms with E-state index in [2.05, 4.69) is 4.98 Å². The highest BCUT2D eigenvalue weighted by Gasteiger charge is 2.31. The smallest absolute Gasteiger partial charge is 0.243 e. The number of aromatic nitrogens is 1. The summed E-state index contributed by atoms with van der Waals surface area (Å²) in [7, 11) is -2.01. The molecule has 2 heterocycles. The zero-order chi connectivity index (χ0) is 19.6. The Balaban J connectivity index is 1.78. The maximum absolute atomic E-state index is 13.2. The Labute approximate surface area is 159 Å². The van der Waals surface area contributed by atoms with E-state index >= 15 is 0 Å². The number of aryl methyl sites for hydroxylation is 2. The van der Waals surface area contributed by atoms with E-state index in [1.54, 1.807) is 45.2 Å². The van der Waals surface area contributed by atoms with Crippen LogP contribution in [0.15, 0.2) is 35.4 Å². The molecule has 0 atom stereocenters. The van der Waals surface area contributed by atoms with Crippen LogP contribution in [0.1, 0.15) is 16.7 Å². The number of benzene rings is 1. The number of nitrogens with zero attached hydrogens (tertiary/aromatic N) is 4. The Morgan fingerprint density at radius 1 is 1.11 bits per heavy atom. The van der Waals surface area contributed by atoms with Crippen molar-refractivity contribution in [1.82, 2.24) is 9.29 Å². The van der Waals surface area contributed by atoms with Crippen molar-refractivity contribution in [3.05, 3.63) is 47.2 Å². The van der Waals surface area contributed by atoms with E-state index in [1.807, 2.05) is 11.0 Å². The molecule has 7 nitrogen and oxygen atoms in total. The van der Waals surface area contributed by atoms with Gasteiger partial charge in [-0.3, -0.25) is 0 Å². The van der Waals surface area contributed by atoms with Gasteiger partial charge < -0.3 is 9.64 Å². The van der Waals surface area contributed by atoms with Crippen LogP contribution in [0.2, 0.25) is 0 Å². The first-order chi connectivity index (χ1) is 12.9. The molecule has 27 heavy (non-hydrogen) atoms. The molecule has 0 unspecified atom stereocenters. The van der Waals surface area contributed by atoms with Crippen molar-refractivity contribution in [2.45, 2.75) is 18.7 Å². The third kappa shape index (κ3) is 3.75. The van der Waals surface area contributed by atoms with E-state index in [1.165, 1.54) is 10.5 Å². The molecule has 1 saturated heterocycles. The number of hydrogen-bond acceptors (Lipinski definition) is 6. The molecule has 2 aromatic rings. The number of ether oxygens (including phenoxy) is 1. The molecule has 1 aliphatic rings. The quantitative estimate of drug-likeness (QED) is 0.800. The molecule has 0 bridgehead atoms. The van der Waals surface area contributed by atoms with Crippen molar-refractivity contribution in [3.63, 3.8) is 0 Å². The number of hydrogen-bond donors (Lipinski definition) is 0. The maximum atomic E-state index is 13.2. The lowest BCUT2D eigenvalue weighted by atomic mass is 10.1. The van der Waals surface area contributed by atoms with E-state index < -0.39 is 10.0 Å². The second kappa shape index (κ2) is 7.55. The fourth-order valence-electron chi connectivity index (χ4n) is 3.36. The van der Waals surface area contributed by atoms with Gasteiger partial charge in [-0.05, 0) is 49.2 Å². The number of methoxy groups -OCH3 is 1. The number of piperazine rings is 1. The first-order valence-corrected chi connectivity index (χ1v) is 10.1. The minimum absolute atomic E-state index is 0.355. The van der Waals surface area contributed by atoms with Gasteiger partial charge in [0.25, 0.3) is 0 Å². The van der Waals surface area contributed by atoms with Crippen LogP contribution in [0.25, 0.3) is 0 Å². The summed E-state index contributed by atoms with van der Waals surface area (Å²) >= 11 is 0. The van der Waals surface area contributed by atoms with Crippen molar-refractivity contribution < 1.29 is 13.2 Å². The highest BCUT2D eigenvalue weighted by atomic mass is 32.2. The maximum Gasteiger partial charge on any atom is 0.243 e. The lowest BCUT2D eigenvalue weighted by Crippen LogP contribution is -2.49. The molecule has 3 rings (SSSR count). The van der Waals surface area contributed by atoms with Gasteiger partial charge in [0.05, 0.1) is 17.6 Å². The van der Waals surface area contributed by atoms with Gasteiger partial charge in [0.15, 0.2) is 0 Å². The Hall–Kier alpha value is -2.63. The van der Waals surface area contributed by atoms with Gasteiger partial charge in [0, 0.05) is 32.4 Å². The summed E-state index contributed by atoms with van der Waals surface area (Å²) in [4.78, 5) is 6.67. The van der Waals surface area contributed by atoms with Crippen LogP contribution >= 0.6 is 0 Å². The molecular formula is C19H22N4O3S. The molecule has 1 aromatic heterocycles. The Kier molecular flexibility index (Phi) is 5.35. The van der Waals surface area contributed by atoms with Gasteiger partial charge in [-0.1, -0.05) is 0 Å². The normalized spacial score (nSPS) is 15.4. The SMILES string of the molecule is COc1cc(C)c(S(=O)(=O)N2CCN(c3ccc(C#N)cn3)CC2)c(C)c1.